The lowest BCUT2D eigenvalue weighted by Gasteiger charge is -2.54. The molecule has 1 N–H and O–H groups in total. The molecular formula is C18H23NO4S3. The molecule has 1 saturated carbocycles. The van der Waals surface area contributed by atoms with E-state index in [4.69, 9.17) is 0 Å². The van der Waals surface area contributed by atoms with Crippen LogP contribution in [0.25, 0.3) is 0 Å². The molecule has 2 unspecified atom stereocenters. The van der Waals surface area contributed by atoms with Crippen molar-refractivity contribution in [1.29, 1.82) is 0 Å². The normalized spacial score (nSPS) is 31.2. The fourth-order valence-corrected chi connectivity index (χ4v) is 9.88. The first-order valence-electron chi connectivity index (χ1n) is 8.90. The zero-order valence-electron chi connectivity index (χ0n) is 14.6. The molecule has 2 atom stereocenters. The Hall–Kier alpha value is -0.700. The van der Waals surface area contributed by atoms with Gasteiger partial charge in [0.2, 0.25) is 10.0 Å². The average Bonchev–Trinajstić information content (AvgIpc) is 3.04. The molecule has 26 heavy (non-hydrogen) atoms. The fraction of sp³-hybridized carbons (Fsp3) is 0.611. The van der Waals surface area contributed by atoms with Gasteiger partial charge in [-0.2, -0.15) is 4.31 Å². The SMILES string of the molecule is Cc1ccc(S(=O)(=O)N2CC3CC(C(=O)O)CC(C2)C32SCCS2)cc1. The molecule has 4 rings (SSSR count). The molecule has 0 amide bonds. The molecular weight excluding hydrogens is 390 g/mol. The molecule has 2 saturated heterocycles. The Labute approximate surface area is 163 Å². The second kappa shape index (κ2) is 6.72. The number of benzene rings is 1. The third kappa shape index (κ3) is 2.99. The monoisotopic (exact) mass is 413 g/mol. The summed E-state index contributed by atoms with van der Waals surface area (Å²) in [7, 11) is -3.54. The number of hydrogen-bond donors (Lipinski definition) is 1. The minimum Gasteiger partial charge on any atom is -0.481 e. The van der Waals surface area contributed by atoms with Gasteiger partial charge in [0.15, 0.2) is 0 Å². The first-order valence-corrected chi connectivity index (χ1v) is 12.3. The maximum Gasteiger partial charge on any atom is 0.306 e. The number of rotatable bonds is 3. The zero-order valence-corrected chi connectivity index (χ0v) is 17.1. The van der Waals surface area contributed by atoms with Crippen LogP contribution in [0, 0.1) is 24.7 Å². The molecule has 3 aliphatic rings. The van der Waals surface area contributed by atoms with Crippen LogP contribution in [-0.2, 0) is 14.8 Å². The number of aliphatic carboxylic acids is 1. The lowest BCUT2D eigenvalue weighted by molar-refractivity contribution is -0.144. The van der Waals surface area contributed by atoms with E-state index in [0.29, 0.717) is 30.8 Å². The number of sulfonamides is 1. The van der Waals surface area contributed by atoms with E-state index in [2.05, 4.69) is 0 Å². The highest BCUT2D eigenvalue weighted by atomic mass is 32.2. The van der Waals surface area contributed by atoms with Crippen LogP contribution in [0.15, 0.2) is 29.2 Å². The number of nitrogens with zero attached hydrogens (tertiary/aromatic N) is 1. The van der Waals surface area contributed by atoms with E-state index in [-0.39, 0.29) is 21.8 Å². The van der Waals surface area contributed by atoms with Crippen molar-refractivity contribution >= 4 is 39.5 Å². The van der Waals surface area contributed by atoms with Crippen molar-refractivity contribution < 1.29 is 18.3 Å². The van der Waals surface area contributed by atoms with Gasteiger partial charge in [0.25, 0.3) is 0 Å². The minimum atomic E-state index is -3.54. The number of piperidine rings is 1. The van der Waals surface area contributed by atoms with E-state index in [1.54, 1.807) is 16.4 Å². The average molecular weight is 414 g/mol. The molecule has 0 aromatic heterocycles. The van der Waals surface area contributed by atoms with Crippen molar-refractivity contribution in [1.82, 2.24) is 4.31 Å². The van der Waals surface area contributed by atoms with Gasteiger partial charge >= 0.3 is 5.97 Å². The first kappa shape index (κ1) is 18.7. The molecule has 2 heterocycles. The van der Waals surface area contributed by atoms with Gasteiger partial charge in [-0.1, -0.05) is 17.7 Å². The van der Waals surface area contributed by atoms with Crippen LogP contribution >= 0.6 is 23.5 Å². The van der Waals surface area contributed by atoms with Crippen LogP contribution in [0.2, 0.25) is 0 Å². The van der Waals surface area contributed by atoms with Crippen molar-refractivity contribution in [3.63, 3.8) is 0 Å². The molecule has 3 fully saturated rings. The van der Waals surface area contributed by atoms with Crippen LogP contribution in [0.4, 0.5) is 0 Å². The number of aryl methyl sites for hydroxylation is 1. The van der Waals surface area contributed by atoms with E-state index in [1.807, 2.05) is 42.6 Å². The van der Waals surface area contributed by atoms with E-state index in [1.165, 1.54) is 0 Å². The van der Waals surface area contributed by atoms with Crippen LogP contribution in [0.3, 0.4) is 0 Å². The molecule has 1 spiro atoms. The Morgan fingerprint density at radius 3 is 2.15 bits per heavy atom. The Morgan fingerprint density at radius 1 is 1.12 bits per heavy atom. The van der Waals surface area contributed by atoms with Gasteiger partial charge in [-0.25, -0.2) is 8.42 Å². The summed E-state index contributed by atoms with van der Waals surface area (Å²) in [6, 6.07) is 6.98. The smallest absolute Gasteiger partial charge is 0.306 e. The van der Waals surface area contributed by atoms with Gasteiger partial charge in [0.05, 0.1) is 14.9 Å². The molecule has 0 radical (unpaired) electrons. The van der Waals surface area contributed by atoms with Gasteiger partial charge < -0.3 is 5.11 Å². The largest absolute Gasteiger partial charge is 0.481 e. The maximum atomic E-state index is 13.1. The fourth-order valence-electron chi connectivity index (χ4n) is 4.59. The molecule has 142 valence electrons. The van der Waals surface area contributed by atoms with Gasteiger partial charge in [0.1, 0.15) is 0 Å². The van der Waals surface area contributed by atoms with Crippen molar-refractivity contribution in [2.45, 2.75) is 28.7 Å². The van der Waals surface area contributed by atoms with Crippen LogP contribution < -0.4 is 0 Å². The number of hydrogen-bond acceptors (Lipinski definition) is 5. The second-order valence-electron chi connectivity index (χ2n) is 7.45. The molecule has 2 aliphatic heterocycles. The minimum absolute atomic E-state index is 0.00520. The van der Waals surface area contributed by atoms with Crippen molar-refractivity contribution in [2.24, 2.45) is 17.8 Å². The molecule has 8 heteroatoms. The Bertz CT molecular complexity index is 784. The van der Waals surface area contributed by atoms with Gasteiger partial charge in [-0.3, -0.25) is 4.79 Å². The Morgan fingerprint density at radius 2 is 1.65 bits per heavy atom. The predicted molar refractivity (Wildman–Crippen MR) is 105 cm³/mol. The lowest BCUT2D eigenvalue weighted by Crippen LogP contribution is -2.59. The number of thioether (sulfide) groups is 2. The van der Waals surface area contributed by atoms with Gasteiger partial charge in [-0.05, 0) is 43.7 Å². The molecule has 1 aromatic carbocycles. The first-order chi connectivity index (χ1) is 12.3. The van der Waals surface area contributed by atoms with E-state index in [0.717, 1.165) is 17.1 Å². The standard InChI is InChI=1S/C18H23NO4S3/c1-12-2-4-16(5-3-12)26(22,23)19-10-14-8-13(17(20)21)9-15(11-19)18(14)24-6-7-25-18/h2-5,13-15H,6-11H2,1H3,(H,20,21). The highest BCUT2D eigenvalue weighted by Crippen LogP contribution is 2.62. The second-order valence-corrected chi connectivity index (χ2v) is 12.4. The summed E-state index contributed by atoms with van der Waals surface area (Å²) in [5.41, 5.74) is 1.03. The van der Waals surface area contributed by atoms with Crippen molar-refractivity contribution in [3.8, 4) is 0 Å². The number of carbonyl (C=O) groups is 1. The van der Waals surface area contributed by atoms with Crippen molar-refractivity contribution in [2.75, 3.05) is 24.6 Å². The zero-order chi connectivity index (χ0) is 18.5. The van der Waals surface area contributed by atoms with Crippen LogP contribution in [-0.4, -0.2) is 52.5 Å². The quantitative estimate of drug-likeness (QED) is 0.821. The van der Waals surface area contributed by atoms with Gasteiger partial charge in [0, 0.05) is 24.6 Å². The van der Waals surface area contributed by atoms with Gasteiger partial charge in [-0.15, -0.1) is 23.5 Å². The van der Waals surface area contributed by atoms with Crippen molar-refractivity contribution in [3.05, 3.63) is 29.8 Å². The van der Waals surface area contributed by atoms with E-state index in [9.17, 15) is 18.3 Å². The topological polar surface area (TPSA) is 74.7 Å². The maximum absolute atomic E-state index is 13.1. The van der Waals surface area contributed by atoms with Crippen LogP contribution in [0.5, 0.6) is 0 Å². The molecule has 1 aliphatic carbocycles. The Balaban J connectivity index is 1.64. The molecule has 2 bridgehead atoms. The summed E-state index contributed by atoms with van der Waals surface area (Å²) in [4.78, 5) is 11.9. The third-order valence-electron chi connectivity index (χ3n) is 5.87. The summed E-state index contributed by atoms with van der Waals surface area (Å²) in [5, 5.41) is 9.51. The highest BCUT2D eigenvalue weighted by molar-refractivity contribution is 8.21. The summed E-state index contributed by atoms with van der Waals surface area (Å²) in [6.07, 6.45) is 1.15. The van der Waals surface area contributed by atoms with E-state index < -0.39 is 16.0 Å². The predicted octanol–water partition coefficient (Wildman–Crippen LogP) is 2.90. The number of carboxylic acid groups (broad SMARTS) is 1. The summed E-state index contributed by atoms with van der Waals surface area (Å²) >= 11 is 3.86. The summed E-state index contributed by atoms with van der Waals surface area (Å²) < 4.78 is 27.9. The highest BCUT2D eigenvalue weighted by Gasteiger charge is 2.58. The summed E-state index contributed by atoms with van der Waals surface area (Å²) in [5.74, 6) is 1.24. The summed E-state index contributed by atoms with van der Waals surface area (Å²) in [6.45, 7) is 2.79. The third-order valence-corrected chi connectivity index (χ3v) is 11.7. The van der Waals surface area contributed by atoms with Crippen LogP contribution in [0.1, 0.15) is 18.4 Å². The molecule has 5 nitrogen and oxygen atoms in total. The van der Waals surface area contributed by atoms with E-state index >= 15 is 0 Å². The number of carboxylic acids is 1. The lowest BCUT2D eigenvalue weighted by atomic mass is 9.72. The Kier molecular flexibility index (Phi) is 4.82. The molecule has 1 aromatic rings.